The van der Waals surface area contributed by atoms with Gasteiger partial charge in [-0.1, -0.05) is 37.0 Å². The standard InChI is InChI=1S/C18H28Cl2O6/c1-4-22-17-18-12(6-5-9-23-26-18)10(2)7-8-13(18)11(3)16(25-17)24-15(21)14(19)20/h10-14,16-17H,4-9H2,1-3H3. The summed E-state index contributed by atoms with van der Waals surface area (Å²) in [6.07, 6.45) is 2.48. The van der Waals surface area contributed by atoms with E-state index in [-0.39, 0.29) is 17.8 Å². The Morgan fingerprint density at radius 2 is 2.00 bits per heavy atom. The lowest BCUT2D eigenvalue weighted by atomic mass is 9.58. The molecule has 0 N–H and O–H groups in total. The van der Waals surface area contributed by atoms with Gasteiger partial charge < -0.3 is 14.2 Å². The molecule has 2 saturated heterocycles. The molecule has 0 radical (unpaired) electrons. The van der Waals surface area contributed by atoms with E-state index >= 15 is 0 Å². The van der Waals surface area contributed by atoms with Crippen molar-refractivity contribution in [2.45, 2.75) is 69.5 Å². The fraction of sp³-hybridized carbons (Fsp3) is 0.944. The van der Waals surface area contributed by atoms with E-state index in [2.05, 4.69) is 6.92 Å². The first-order valence-corrected chi connectivity index (χ1v) is 10.3. The van der Waals surface area contributed by atoms with Crippen molar-refractivity contribution in [1.82, 2.24) is 0 Å². The lowest BCUT2D eigenvalue weighted by Crippen LogP contribution is -2.68. The van der Waals surface area contributed by atoms with E-state index in [0.29, 0.717) is 19.1 Å². The van der Waals surface area contributed by atoms with Gasteiger partial charge in [-0.3, -0.25) is 0 Å². The highest BCUT2D eigenvalue weighted by Gasteiger charge is 2.65. The molecule has 0 amide bonds. The molecule has 3 aliphatic rings. The van der Waals surface area contributed by atoms with Gasteiger partial charge in [0.1, 0.15) is 0 Å². The zero-order chi connectivity index (χ0) is 18.9. The maximum Gasteiger partial charge on any atom is 0.341 e. The van der Waals surface area contributed by atoms with Gasteiger partial charge in [0.15, 0.2) is 11.9 Å². The summed E-state index contributed by atoms with van der Waals surface area (Å²) in [7, 11) is 0. The first-order valence-electron chi connectivity index (χ1n) is 9.48. The topological polar surface area (TPSA) is 63.2 Å². The summed E-state index contributed by atoms with van der Waals surface area (Å²) in [5.41, 5.74) is -0.701. The molecule has 150 valence electrons. The Kier molecular flexibility index (Phi) is 6.74. The lowest BCUT2D eigenvalue weighted by molar-refractivity contribution is -0.466. The number of carbonyl (C=O) groups excluding carboxylic acids is 1. The Bertz CT molecular complexity index is 504. The third-order valence-electron chi connectivity index (χ3n) is 6.14. The van der Waals surface area contributed by atoms with Gasteiger partial charge in [-0.15, -0.1) is 0 Å². The predicted octanol–water partition coefficient (Wildman–Crippen LogP) is 3.83. The minimum atomic E-state index is -1.25. The fourth-order valence-electron chi connectivity index (χ4n) is 4.95. The Labute approximate surface area is 164 Å². The molecule has 7 unspecified atom stereocenters. The monoisotopic (exact) mass is 410 g/mol. The van der Waals surface area contributed by atoms with Crippen molar-refractivity contribution in [1.29, 1.82) is 0 Å². The van der Waals surface area contributed by atoms with Crippen molar-refractivity contribution in [3.05, 3.63) is 0 Å². The molecule has 1 aliphatic carbocycles. The van der Waals surface area contributed by atoms with Crippen LogP contribution >= 0.6 is 23.2 Å². The molecule has 26 heavy (non-hydrogen) atoms. The van der Waals surface area contributed by atoms with E-state index in [9.17, 15) is 4.79 Å². The summed E-state index contributed by atoms with van der Waals surface area (Å²) in [4.78, 5) is 22.3. The second-order valence-electron chi connectivity index (χ2n) is 7.56. The van der Waals surface area contributed by atoms with E-state index in [4.69, 9.17) is 47.2 Å². The van der Waals surface area contributed by atoms with Crippen LogP contribution in [0.1, 0.15) is 46.5 Å². The van der Waals surface area contributed by atoms with Crippen LogP contribution in [0.15, 0.2) is 0 Å². The second kappa shape index (κ2) is 8.50. The van der Waals surface area contributed by atoms with Gasteiger partial charge >= 0.3 is 5.97 Å². The van der Waals surface area contributed by atoms with Gasteiger partial charge in [-0.2, -0.15) is 0 Å². The molecule has 0 bridgehead atoms. The van der Waals surface area contributed by atoms with Crippen LogP contribution in [-0.2, 0) is 28.8 Å². The number of esters is 1. The minimum Gasteiger partial charge on any atom is -0.433 e. The van der Waals surface area contributed by atoms with E-state index < -0.39 is 29.0 Å². The average Bonchev–Trinajstić information content (AvgIpc) is 2.83. The van der Waals surface area contributed by atoms with E-state index in [1.807, 2.05) is 13.8 Å². The van der Waals surface area contributed by atoms with Crippen LogP contribution in [-0.4, -0.2) is 42.2 Å². The number of carbonyl (C=O) groups is 1. The Morgan fingerprint density at radius 1 is 1.23 bits per heavy atom. The molecular formula is C18H28Cl2O6. The summed E-state index contributed by atoms with van der Waals surface area (Å²) in [5, 5.41) is 0. The highest BCUT2D eigenvalue weighted by molar-refractivity contribution is 6.52. The molecule has 3 rings (SSSR count). The van der Waals surface area contributed by atoms with E-state index in [0.717, 1.165) is 25.7 Å². The highest BCUT2D eigenvalue weighted by atomic mass is 35.5. The Balaban J connectivity index is 1.93. The van der Waals surface area contributed by atoms with Gasteiger partial charge in [-0.25, -0.2) is 14.6 Å². The average molecular weight is 411 g/mol. The van der Waals surface area contributed by atoms with Crippen molar-refractivity contribution in [3.63, 3.8) is 0 Å². The maximum atomic E-state index is 11.9. The van der Waals surface area contributed by atoms with Gasteiger partial charge in [0.2, 0.25) is 11.1 Å². The summed E-state index contributed by atoms with van der Waals surface area (Å²) in [6.45, 7) is 7.17. The van der Waals surface area contributed by atoms with Crippen LogP contribution in [0.2, 0.25) is 0 Å². The van der Waals surface area contributed by atoms with Crippen LogP contribution < -0.4 is 0 Å². The number of rotatable bonds is 4. The molecule has 6 nitrogen and oxygen atoms in total. The number of halogens is 2. The van der Waals surface area contributed by atoms with E-state index in [1.165, 1.54) is 0 Å². The minimum absolute atomic E-state index is 0.0778. The molecule has 0 aromatic rings. The molecule has 1 spiro atoms. The van der Waals surface area contributed by atoms with Crippen LogP contribution in [0.3, 0.4) is 0 Å². The summed E-state index contributed by atoms with van der Waals surface area (Å²) < 4.78 is 17.5. The van der Waals surface area contributed by atoms with Crippen molar-refractivity contribution >= 4 is 29.2 Å². The normalized spacial score (nSPS) is 43.3. The highest BCUT2D eigenvalue weighted by Crippen LogP contribution is 2.56. The summed E-state index contributed by atoms with van der Waals surface area (Å²) >= 11 is 11.3. The van der Waals surface area contributed by atoms with Gasteiger partial charge in [0, 0.05) is 18.4 Å². The van der Waals surface area contributed by atoms with Gasteiger partial charge in [0.25, 0.3) is 0 Å². The van der Waals surface area contributed by atoms with Crippen molar-refractivity contribution in [2.75, 3.05) is 13.2 Å². The third-order valence-corrected chi connectivity index (χ3v) is 6.50. The lowest BCUT2D eigenvalue weighted by Gasteiger charge is -2.58. The molecule has 7 atom stereocenters. The molecule has 2 aliphatic heterocycles. The number of ether oxygens (including phenoxy) is 3. The first kappa shape index (κ1) is 20.6. The van der Waals surface area contributed by atoms with Crippen LogP contribution in [0.25, 0.3) is 0 Å². The fourth-order valence-corrected chi connectivity index (χ4v) is 5.06. The molecule has 1 saturated carbocycles. The number of hydrogen-bond donors (Lipinski definition) is 0. The zero-order valence-corrected chi connectivity index (χ0v) is 17.0. The molecule has 0 aromatic carbocycles. The SMILES string of the molecule is CCOC1OC(OC(=O)C(Cl)Cl)C(C)C2CCC(C)C3CCCOOC132. The van der Waals surface area contributed by atoms with Crippen molar-refractivity contribution in [2.24, 2.45) is 23.7 Å². The Morgan fingerprint density at radius 3 is 2.69 bits per heavy atom. The number of hydrogen-bond acceptors (Lipinski definition) is 6. The number of alkyl halides is 2. The molecule has 3 fully saturated rings. The third kappa shape index (κ3) is 3.61. The van der Waals surface area contributed by atoms with Crippen LogP contribution in [0.5, 0.6) is 0 Å². The quantitative estimate of drug-likeness (QED) is 0.398. The van der Waals surface area contributed by atoms with Crippen molar-refractivity contribution < 1.29 is 28.8 Å². The smallest absolute Gasteiger partial charge is 0.341 e. The first-order chi connectivity index (χ1) is 12.4. The van der Waals surface area contributed by atoms with Gasteiger partial charge in [-0.05, 0) is 44.4 Å². The van der Waals surface area contributed by atoms with Crippen molar-refractivity contribution in [3.8, 4) is 0 Å². The zero-order valence-electron chi connectivity index (χ0n) is 15.5. The summed E-state index contributed by atoms with van der Waals surface area (Å²) in [5.74, 6) is -0.00217. The molecule has 8 heteroatoms. The van der Waals surface area contributed by atoms with Crippen LogP contribution in [0.4, 0.5) is 0 Å². The van der Waals surface area contributed by atoms with Crippen LogP contribution in [0, 0.1) is 23.7 Å². The predicted molar refractivity (Wildman–Crippen MR) is 95.4 cm³/mol. The molecule has 2 heterocycles. The molecule has 0 aromatic heterocycles. The van der Waals surface area contributed by atoms with Gasteiger partial charge in [0.05, 0.1) is 6.61 Å². The largest absolute Gasteiger partial charge is 0.433 e. The van der Waals surface area contributed by atoms with E-state index in [1.54, 1.807) is 0 Å². The Hall–Kier alpha value is -0.110. The maximum absolute atomic E-state index is 11.9. The summed E-state index contributed by atoms with van der Waals surface area (Å²) in [6, 6.07) is 0. The second-order valence-corrected chi connectivity index (χ2v) is 8.65. The molecular weight excluding hydrogens is 383 g/mol.